The van der Waals surface area contributed by atoms with Crippen LogP contribution in [0.25, 0.3) is 0 Å². The van der Waals surface area contributed by atoms with Crippen molar-refractivity contribution in [3.63, 3.8) is 0 Å². The molecule has 1 aromatic heterocycles. The predicted molar refractivity (Wildman–Crippen MR) is 76.7 cm³/mol. The Morgan fingerprint density at radius 2 is 2.22 bits per heavy atom. The SMILES string of the molecule is Cc1cc(CN)cnc1N(C)C1CCCC(C)C1. The summed E-state index contributed by atoms with van der Waals surface area (Å²) in [5.74, 6) is 1.96. The maximum atomic E-state index is 5.65. The molecule has 2 atom stereocenters. The molecule has 2 unspecified atom stereocenters. The summed E-state index contributed by atoms with van der Waals surface area (Å²) in [6, 6.07) is 2.80. The van der Waals surface area contributed by atoms with Crippen molar-refractivity contribution in [3.05, 3.63) is 23.4 Å². The smallest absolute Gasteiger partial charge is 0.131 e. The van der Waals surface area contributed by atoms with E-state index in [1.165, 1.54) is 31.2 Å². The second kappa shape index (κ2) is 5.70. The van der Waals surface area contributed by atoms with Crippen LogP contribution in [0.2, 0.25) is 0 Å². The van der Waals surface area contributed by atoms with Gasteiger partial charge in [-0.3, -0.25) is 0 Å². The molecule has 100 valence electrons. The molecule has 1 aromatic rings. The van der Waals surface area contributed by atoms with Crippen LogP contribution >= 0.6 is 0 Å². The molecule has 1 aliphatic rings. The minimum atomic E-state index is 0.568. The van der Waals surface area contributed by atoms with Crippen LogP contribution in [0.4, 0.5) is 5.82 Å². The number of aromatic nitrogens is 1. The molecule has 1 aliphatic carbocycles. The molecule has 0 radical (unpaired) electrons. The molecule has 18 heavy (non-hydrogen) atoms. The topological polar surface area (TPSA) is 42.1 Å². The highest BCUT2D eigenvalue weighted by atomic mass is 15.2. The number of aryl methyl sites for hydroxylation is 1. The highest BCUT2D eigenvalue weighted by molar-refractivity contribution is 5.47. The first-order chi connectivity index (χ1) is 8.61. The van der Waals surface area contributed by atoms with E-state index in [1.807, 2.05) is 6.20 Å². The predicted octanol–water partition coefficient (Wildman–Crippen LogP) is 2.86. The average molecular weight is 247 g/mol. The third kappa shape index (κ3) is 2.83. The van der Waals surface area contributed by atoms with Crippen LogP contribution in [0.3, 0.4) is 0 Å². The Labute approximate surface area is 110 Å². The van der Waals surface area contributed by atoms with Crippen molar-refractivity contribution in [2.45, 2.75) is 52.1 Å². The van der Waals surface area contributed by atoms with Crippen molar-refractivity contribution < 1.29 is 0 Å². The van der Waals surface area contributed by atoms with Gasteiger partial charge < -0.3 is 10.6 Å². The fraction of sp³-hybridized carbons (Fsp3) is 0.667. The lowest BCUT2D eigenvalue weighted by Crippen LogP contribution is -2.36. The van der Waals surface area contributed by atoms with Crippen LogP contribution in [-0.2, 0) is 6.54 Å². The maximum absolute atomic E-state index is 5.65. The standard InChI is InChI=1S/C15H25N3/c1-11-5-4-6-14(7-11)18(3)15-12(2)8-13(9-16)10-17-15/h8,10-11,14H,4-7,9,16H2,1-3H3. The molecular formula is C15H25N3. The minimum Gasteiger partial charge on any atom is -0.356 e. The Balaban J connectivity index is 2.15. The van der Waals surface area contributed by atoms with E-state index in [1.54, 1.807) is 0 Å². The van der Waals surface area contributed by atoms with Gasteiger partial charge in [0.2, 0.25) is 0 Å². The van der Waals surface area contributed by atoms with Gasteiger partial charge in [-0.1, -0.05) is 19.8 Å². The molecule has 0 aliphatic heterocycles. The summed E-state index contributed by atoms with van der Waals surface area (Å²) in [6.07, 6.45) is 7.21. The van der Waals surface area contributed by atoms with Gasteiger partial charge in [0.15, 0.2) is 0 Å². The molecular weight excluding hydrogens is 222 g/mol. The number of nitrogens with zero attached hydrogens (tertiary/aromatic N) is 2. The molecule has 0 aromatic carbocycles. The third-order valence-electron chi connectivity index (χ3n) is 4.13. The normalized spacial score (nSPS) is 24.0. The molecule has 0 amide bonds. The zero-order valence-electron chi connectivity index (χ0n) is 11.8. The number of hydrogen-bond donors (Lipinski definition) is 1. The Morgan fingerprint density at radius 1 is 1.44 bits per heavy atom. The molecule has 2 rings (SSSR count). The first-order valence-corrected chi connectivity index (χ1v) is 7.00. The van der Waals surface area contributed by atoms with E-state index < -0.39 is 0 Å². The second-order valence-corrected chi connectivity index (χ2v) is 5.72. The summed E-state index contributed by atoms with van der Waals surface area (Å²) >= 11 is 0. The van der Waals surface area contributed by atoms with Gasteiger partial charge in [-0.15, -0.1) is 0 Å². The van der Waals surface area contributed by atoms with Gasteiger partial charge in [-0.05, 0) is 42.9 Å². The molecule has 0 saturated heterocycles. The van der Waals surface area contributed by atoms with Crippen molar-refractivity contribution in [3.8, 4) is 0 Å². The number of nitrogens with two attached hydrogens (primary N) is 1. The van der Waals surface area contributed by atoms with Gasteiger partial charge in [-0.2, -0.15) is 0 Å². The Bertz CT molecular complexity index is 403. The summed E-state index contributed by atoms with van der Waals surface area (Å²) in [5.41, 5.74) is 8.00. The summed E-state index contributed by atoms with van der Waals surface area (Å²) in [5, 5.41) is 0. The van der Waals surface area contributed by atoms with Gasteiger partial charge in [-0.25, -0.2) is 4.98 Å². The van der Waals surface area contributed by atoms with Crippen LogP contribution in [0.5, 0.6) is 0 Å². The number of pyridine rings is 1. The molecule has 3 heteroatoms. The van der Waals surface area contributed by atoms with Crippen LogP contribution in [0.1, 0.15) is 43.7 Å². The lowest BCUT2D eigenvalue weighted by atomic mass is 9.86. The molecule has 1 fully saturated rings. The Morgan fingerprint density at radius 3 is 2.83 bits per heavy atom. The lowest BCUT2D eigenvalue weighted by Gasteiger charge is -2.35. The fourth-order valence-corrected chi connectivity index (χ4v) is 3.03. The molecule has 0 spiro atoms. The van der Waals surface area contributed by atoms with E-state index in [2.05, 4.69) is 36.8 Å². The van der Waals surface area contributed by atoms with Gasteiger partial charge in [0, 0.05) is 25.8 Å². The van der Waals surface area contributed by atoms with E-state index in [9.17, 15) is 0 Å². The van der Waals surface area contributed by atoms with Gasteiger partial charge in [0.1, 0.15) is 5.82 Å². The van der Waals surface area contributed by atoms with E-state index in [4.69, 9.17) is 5.73 Å². The highest BCUT2D eigenvalue weighted by Gasteiger charge is 2.23. The Hall–Kier alpha value is -1.09. The molecule has 2 N–H and O–H groups in total. The van der Waals surface area contributed by atoms with E-state index in [0.717, 1.165) is 17.3 Å². The number of anilines is 1. The zero-order valence-corrected chi connectivity index (χ0v) is 11.8. The molecule has 0 bridgehead atoms. The summed E-state index contributed by atoms with van der Waals surface area (Å²) < 4.78 is 0. The minimum absolute atomic E-state index is 0.568. The van der Waals surface area contributed by atoms with Crippen molar-refractivity contribution in [2.24, 2.45) is 11.7 Å². The number of rotatable bonds is 3. The first kappa shape index (κ1) is 13.3. The number of hydrogen-bond acceptors (Lipinski definition) is 3. The van der Waals surface area contributed by atoms with Crippen molar-refractivity contribution >= 4 is 5.82 Å². The van der Waals surface area contributed by atoms with Crippen LogP contribution in [0, 0.1) is 12.8 Å². The van der Waals surface area contributed by atoms with E-state index >= 15 is 0 Å². The lowest BCUT2D eigenvalue weighted by molar-refractivity contribution is 0.335. The van der Waals surface area contributed by atoms with Gasteiger partial charge >= 0.3 is 0 Å². The summed E-state index contributed by atoms with van der Waals surface area (Å²) in [7, 11) is 2.18. The fourth-order valence-electron chi connectivity index (χ4n) is 3.03. The molecule has 1 saturated carbocycles. The maximum Gasteiger partial charge on any atom is 0.131 e. The van der Waals surface area contributed by atoms with Gasteiger partial charge in [0.05, 0.1) is 0 Å². The van der Waals surface area contributed by atoms with Crippen molar-refractivity contribution in [2.75, 3.05) is 11.9 Å². The van der Waals surface area contributed by atoms with Crippen molar-refractivity contribution in [1.29, 1.82) is 0 Å². The largest absolute Gasteiger partial charge is 0.356 e. The van der Waals surface area contributed by atoms with Crippen LogP contribution in [-0.4, -0.2) is 18.1 Å². The zero-order chi connectivity index (χ0) is 13.1. The van der Waals surface area contributed by atoms with E-state index in [-0.39, 0.29) is 0 Å². The summed E-state index contributed by atoms with van der Waals surface area (Å²) in [4.78, 5) is 6.96. The quantitative estimate of drug-likeness (QED) is 0.893. The second-order valence-electron chi connectivity index (χ2n) is 5.72. The van der Waals surface area contributed by atoms with Crippen LogP contribution in [0.15, 0.2) is 12.3 Å². The first-order valence-electron chi connectivity index (χ1n) is 7.00. The highest BCUT2D eigenvalue weighted by Crippen LogP contribution is 2.30. The average Bonchev–Trinajstić information content (AvgIpc) is 2.37. The Kier molecular flexibility index (Phi) is 4.23. The molecule has 1 heterocycles. The van der Waals surface area contributed by atoms with E-state index in [0.29, 0.717) is 12.6 Å². The third-order valence-corrected chi connectivity index (χ3v) is 4.13. The van der Waals surface area contributed by atoms with Crippen molar-refractivity contribution in [1.82, 2.24) is 4.98 Å². The summed E-state index contributed by atoms with van der Waals surface area (Å²) in [6.45, 7) is 5.06. The molecule has 3 nitrogen and oxygen atoms in total. The van der Waals surface area contributed by atoms with Crippen LogP contribution < -0.4 is 10.6 Å². The monoisotopic (exact) mass is 247 g/mol. The van der Waals surface area contributed by atoms with Gasteiger partial charge in [0.25, 0.3) is 0 Å².